The van der Waals surface area contributed by atoms with Gasteiger partial charge in [-0.05, 0) is 43.3 Å². The first-order chi connectivity index (χ1) is 18.0. The third-order valence-corrected chi connectivity index (χ3v) is 6.66. The Morgan fingerprint density at radius 2 is 1.76 bits per heavy atom. The van der Waals surface area contributed by atoms with Crippen LogP contribution in [0.4, 0.5) is 5.69 Å². The molecule has 2 amide bonds. The molecule has 0 radical (unpaired) electrons. The number of carbonyl (C=O) groups excluding carboxylic acids is 2. The topological polar surface area (TPSA) is 101 Å². The number of hydrogen-bond donors (Lipinski definition) is 1. The number of aryl methyl sites for hydroxylation is 1. The number of benzene rings is 2. The van der Waals surface area contributed by atoms with Crippen molar-refractivity contribution in [2.75, 3.05) is 44.8 Å². The van der Waals surface area contributed by atoms with Crippen LogP contribution in [0.2, 0.25) is 0 Å². The number of fused-ring (bicyclic) bond motifs is 2. The molecule has 2 aliphatic heterocycles. The predicted molar refractivity (Wildman–Crippen MR) is 137 cm³/mol. The highest BCUT2D eigenvalue weighted by Crippen LogP contribution is 2.36. The molecule has 1 saturated heterocycles. The maximum Gasteiger partial charge on any atom is 0.259 e. The van der Waals surface area contributed by atoms with Crippen LogP contribution >= 0.6 is 0 Å². The zero-order valence-electron chi connectivity index (χ0n) is 20.4. The molecule has 0 atom stereocenters. The van der Waals surface area contributed by atoms with Gasteiger partial charge in [-0.15, -0.1) is 0 Å². The van der Waals surface area contributed by atoms with Crippen molar-refractivity contribution in [1.82, 2.24) is 24.4 Å². The van der Waals surface area contributed by atoms with Crippen molar-refractivity contribution >= 4 is 23.1 Å². The smallest absolute Gasteiger partial charge is 0.259 e. The van der Waals surface area contributed by atoms with Crippen LogP contribution in [-0.2, 0) is 4.79 Å². The summed E-state index contributed by atoms with van der Waals surface area (Å²) in [7, 11) is 0. The molecule has 2 aromatic carbocycles. The molecule has 188 valence electrons. The molecular weight excluding hydrogens is 472 g/mol. The molecule has 4 heterocycles. The van der Waals surface area contributed by atoms with Gasteiger partial charge in [0.25, 0.3) is 5.91 Å². The van der Waals surface area contributed by atoms with Gasteiger partial charge in [0.05, 0.1) is 18.4 Å². The van der Waals surface area contributed by atoms with Crippen molar-refractivity contribution in [1.29, 1.82) is 0 Å². The van der Waals surface area contributed by atoms with Gasteiger partial charge in [-0.25, -0.2) is 9.50 Å². The van der Waals surface area contributed by atoms with E-state index in [1.54, 1.807) is 21.8 Å². The Morgan fingerprint density at radius 1 is 0.973 bits per heavy atom. The number of hydrogen-bond acceptors (Lipinski definition) is 7. The van der Waals surface area contributed by atoms with Crippen LogP contribution in [0.1, 0.15) is 15.9 Å². The number of nitrogens with zero attached hydrogens (tertiary/aromatic N) is 5. The van der Waals surface area contributed by atoms with Gasteiger partial charge < -0.3 is 19.7 Å². The predicted octanol–water partition coefficient (Wildman–Crippen LogP) is 2.83. The summed E-state index contributed by atoms with van der Waals surface area (Å²) in [6.45, 7) is 4.77. The molecule has 2 aliphatic rings. The summed E-state index contributed by atoms with van der Waals surface area (Å²) < 4.78 is 12.6. The summed E-state index contributed by atoms with van der Waals surface area (Å²) in [5.74, 6) is 1.20. The fourth-order valence-electron chi connectivity index (χ4n) is 4.64. The van der Waals surface area contributed by atoms with Crippen molar-refractivity contribution in [3.05, 3.63) is 72.1 Å². The second-order valence-corrected chi connectivity index (χ2v) is 9.17. The van der Waals surface area contributed by atoms with Crippen LogP contribution in [0.25, 0.3) is 16.9 Å². The fourth-order valence-corrected chi connectivity index (χ4v) is 4.64. The van der Waals surface area contributed by atoms with Crippen LogP contribution in [0.5, 0.6) is 11.5 Å². The summed E-state index contributed by atoms with van der Waals surface area (Å²) in [4.78, 5) is 34.1. The normalized spacial score (nSPS) is 15.2. The lowest BCUT2D eigenvalue weighted by atomic mass is 10.1. The SMILES string of the molecule is Cc1ccc(NC(=O)CN2CCN(C(=O)c3cnn4c(-c5ccc6c(c5)OCO6)ccnc34)CC2)cc1. The molecule has 10 nitrogen and oxygen atoms in total. The van der Waals surface area contributed by atoms with Gasteiger partial charge in [-0.2, -0.15) is 5.10 Å². The largest absolute Gasteiger partial charge is 0.454 e. The minimum absolute atomic E-state index is 0.0634. The molecule has 0 spiro atoms. The van der Waals surface area contributed by atoms with Gasteiger partial charge in [0, 0.05) is 43.6 Å². The number of rotatable bonds is 5. The average Bonchev–Trinajstić information content (AvgIpc) is 3.57. The quantitative estimate of drug-likeness (QED) is 0.452. The van der Waals surface area contributed by atoms with Crippen molar-refractivity contribution < 1.29 is 19.1 Å². The number of anilines is 1. The molecule has 0 saturated carbocycles. The lowest BCUT2D eigenvalue weighted by molar-refractivity contribution is -0.117. The van der Waals surface area contributed by atoms with E-state index >= 15 is 0 Å². The Kier molecular flexibility index (Phi) is 5.93. The zero-order chi connectivity index (χ0) is 25.4. The summed E-state index contributed by atoms with van der Waals surface area (Å²) in [5.41, 5.74) is 4.56. The van der Waals surface area contributed by atoms with E-state index in [9.17, 15) is 9.59 Å². The van der Waals surface area contributed by atoms with E-state index in [1.807, 2.05) is 55.5 Å². The molecule has 37 heavy (non-hydrogen) atoms. The Labute approximate surface area is 213 Å². The zero-order valence-corrected chi connectivity index (χ0v) is 20.4. The van der Waals surface area contributed by atoms with Crippen molar-refractivity contribution in [2.24, 2.45) is 0 Å². The second kappa shape index (κ2) is 9.55. The second-order valence-electron chi connectivity index (χ2n) is 9.17. The third-order valence-electron chi connectivity index (χ3n) is 6.66. The van der Waals surface area contributed by atoms with E-state index in [0.29, 0.717) is 48.9 Å². The highest BCUT2D eigenvalue weighted by atomic mass is 16.7. The van der Waals surface area contributed by atoms with E-state index in [2.05, 4.69) is 20.3 Å². The molecular formula is C27H26N6O4. The number of piperazine rings is 1. The Hall–Kier alpha value is -4.44. The van der Waals surface area contributed by atoms with Gasteiger partial charge in [-0.1, -0.05) is 17.7 Å². The molecule has 0 unspecified atom stereocenters. The van der Waals surface area contributed by atoms with E-state index in [-0.39, 0.29) is 25.2 Å². The average molecular weight is 499 g/mol. The third kappa shape index (κ3) is 4.58. The first-order valence-corrected chi connectivity index (χ1v) is 12.2. The van der Waals surface area contributed by atoms with Gasteiger partial charge in [0.1, 0.15) is 5.56 Å². The molecule has 1 N–H and O–H groups in total. The Morgan fingerprint density at radius 3 is 2.57 bits per heavy atom. The Balaban J connectivity index is 1.11. The van der Waals surface area contributed by atoms with Crippen LogP contribution in [0, 0.1) is 6.92 Å². The number of nitrogens with one attached hydrogen (secondary N) is 1. The van der Waals surface area contributed by atoms with Crippen LogP contribution in [0.15, 0.2) is 60.9 Å². The molecule has 6 rings (SSSR count). The summed E-state index contributed by atoms with van der Waals surface area (Å²) in [6, 6.07) is 15.3. The van der Waals surface area contributed by atoms with E-state index in [4.69, 9.17) is 9.47 Å². The molecule has 2 aromatic heterocycles. The summed E-state index contributed by atoms with van der Waals surface area (Å²) in [6.07, 6.45) is 3.25. The van der Waals surface area contributed by atoms with E-state index < -0.39 is 0 Å². The van der Waals surface area contributed by atoms with Crippen molar-refractivity contribution in [3.63, 3.8) is 0 Å². The highest BCUT2D eigenvalue weighted by molar-refractivity contribution is 6.00. The minimum Gasteiger partial charge on any atom is -0.454 e. The van der Waals surface area contributed by atoms with Crippen molar-refractivity contribution in [3.8, 4) is 22.8 Å². The lowest BCUT2D eigenvalue weighted by Crippen LogP contribution is -2.50. The maximum absolute atomic E-state index is 13.4. The van der Waals surface area contributed by atoms with Gasteiger partial charge in [0.15, 0.2) is 17.1 Å². The van der Waals surface area contributed by atoms with Gasteiger partial charge >= 0.3 is 0 Å². The monoisotopic (exact) mass is 498 g/mol. The number of amides is 2. The molecule has 0 bridgehead atoms. The van der Waals surface area contributed by atoms with Gasteiger partial charge in [-0.3, -0.25) is 14.5 Å². The van der Waals surface area contributed by atoms with Crippen LogP contribution in [0.3, 0.4) is 0 Å². The fraction of sp³-hybridized carbons (Fsp3) is 0.259. The summed E-state index contributed by atoms with van der Waals surface area (Å²) in [5, 5.41) is 7.41. The lowest BCUT2D eigenvalue weighted by Gasteiger charge is -2.34. The van der Waals surface area contributed by atoms with Gasteiger partial charge in [0.2, 0.25) is 12.7 Å². The molecule has 4 aromatic rings. The Bertz CT molecular complexity index is 1470. The summed E-state index contributed by atoms with van der Waals surface area (Å²) >= 11 is 0. The first-order valence-electron chi connectivity index (χ1n) is 12.2. The molecule has 0 aliphatic carbocycles. The number of aromatic nitrogens is 3. The number of ether oxygens (including phenoxy) is 2. The van der Waals surface area contributed by atoms with Crippen LogP contribution in [-0.4, -0.2) is 75.7 Å². The molecule has 1 fully saturated rings. The van der Waals surface area contributed by atoms with Crippen molar-refractivity contribution in [2.45, 2.75) is 6.92 Å². The van der Waals surface area contributed by atoms with Crippen LogP contribution < -0.4 is 14.8 Å². The van der Waals surface area contributed by atoms with E-state index in [0.717, 1.165) is 22.5 Å². The van der Waals surface area contributed by atoms with E-state index in [1.165, 1.54) is 0 Å². The number of carbonyl (C=O) groups is 2. The first kappa shape index (κ1) is 23.0. The standard InChI is InChI=1S/C27H26N6O4/c1-18-2-5-20(6-3-18)30-25(34)16-31-10-12-32(13-11-31)27(35)21-15-29-33-22(8-9-28-26(21)33)19-4-7-23-24(14-19)37-17-36-23/h2-9,14-15H,10-13,16-17H2,1H3,(H,30,34). The highest BCUT2D eigenvalue weighted by Gasteiger charge is 2.26. The maximum atomic E-state index is 13.4. The minimum atomic E-state index is -0.117. The molecule has 10 heteroatoms.